The van der Waals surface area contributed by atoms with E-state index in [2.05, 4.69) is 27.6 Å². The molecule has 2 rings (SSSR count). The minimum atomic E-state index is -5.24. The van der Waals surface area contributed by atoms with Gasteiger partial charge >= 0.3 is 15.5 Å². The van der Waals surface area contributed by atoms with Crippen LogP contribution in [0.3, 0.4) is 0 Å². The summed E-state index contributed by atoms with van der Waals surface area (Å²) in [6.45, 7) is 3.80. The molecule has 1 aromatic rings. The summed E-state index contributed by atoms with van der Waals surface area (Å²) in [6, 6.07) is 1.87. The fourth-order valence-electron chi connectivity index (χ4n) is 3.02. The maximum atomic E-state index is 12.6. The first-order valence-corrected chi connectivity index (χ1v) is 10.6. The van der Waals surface area contributed by atoms with Crippen LogP contribution in [-0.2, 0) is 16.6 Å². The Morgan fingerprint density at radius 2 is 2.00 bits per heavy atom. The van der Waals surface area contributed by atoms with E-state index < -0.39 is 15.5 Å². The molecule has 1 aliphatic heterocycles. The van der Waals surface area contributed by atoms with Crippen molar-refractivity contribution >= 4 is 16.0 Å². The molecule has 12 heteroatoms. The van der Waals surface area contributed by atoms with E-state index in [1.54, 1.807) is 13.2 Å². The zero-order valence-corrected chi connectivity index (χ0v) is 16.8. The lowest BCUT2D eigenvalue weighted by Crippen LogP contribution is -2.47. The normalized spacial score (nSPS) is 18.8. The Balaban J connectivity index is 1.71. The molecular formula is C16H27F3N6O2S. The number of aliphatic imine (C=N–C) groups is 1. The molecule has 8 nitrogen and oxygen atoms in total. The van der Waals surface area contributed by atoms with Gasteiger partial charge in [0.25, 0.3) is 0 Å². The van der Waals surface area contributed by atoms with E-state index in [9.17, 15) is 21.6 Å². The van der Waals surface area contributed by atoms with Crippen LogP contribution in [0.2, 0.25) is 0 Å². The molecule has 1 aliphatic rings. The molecule has 1 saturated heterocycles. The third-order valence-corrected chi connectivity index (χ3v) is 6.29. The lowest BCUT2D eigenvalue weighted by Gasteiger charge is -2.31. The molecule has 1 fully saturated rings. The van der Waals surface area contributed by atoms with Crippen LogP contribution < -0.4 is 10.6 Å². The molecule has 1 unspecified atom stereocenters. The quantitative estimate of drug-likeness (QED) is 0.508. The predicted octanol–water partition coefficient (Wildman–Crippen LogP) is 1.25. The number of rotatable bonds is 7. The second-order valence-electron chi connectivity index (χ2n) is 6.96. The molecule has 0 aliphatic carbocycles. The van der Waals surface area contributed by atoms with Gasteiger partial charge in [-0.05, 0) is 30.7 Å². The van der Waals surface area contributed by atoms with Crippen LogP contribution in [-0.4, -0.2) is 67.2 Å². The zero-order chi connectivity index (χ0) is 20.8. The summed E-state index contributed by atoms with van der Waals surface area (Å²) in [6.07, 6.45) is 4.37. The average Bonchev–Trinajstić information content (AvgIpc) is 3.14. The number of halogens is 3. The number of nitrogens with zero attached hydrogens (tertiary/aromatic N) is 4. The van der Waals surface area contributed by atoms with Crippen molar-refractivity contribution in [3.05, 3.63) is 18.5 Å². The molecule has 0 saturated carbocycles. The predicted molar refractivity (Wildman–Crippen MR) is 100 cm³/mol. The van der Waals surface area contributed by atoms with E-state index in [4.69, 9.17) is 0 Å². The summed E-state index contributed by atoms with van der Waals surface area (Å²) >= 11 is 0. The van der Waals surface area contributed by atoms with Crippen LogP contribution >= 0.6 is 0 Å². The molecule has 1 atom stereocenters. The summed E-state index contributed by atoms with van der Waals surface area (Å²) in [5.41, 5.74) is -5.24. The summed E-state index contributed by atoms with van der Waals surface area (Å²) in [4.78, 5) is 4.14. The van der Waals surface area contributed by atoms with Gasteiger partial charge in [0.2, 0.25) is 0 Å². The minimum Gasteiger partial charge on any atom is -0.356 e. The average molecular weight is 424 g/mol. The number of alkyl halides is 3. The van der Waals surface area contributed by atoms with Crippen molar-refractivity contribution in [1.29, 1.82) is 0 Å². The lowest BCUT2D eigenvalue weighted by atomic mass is 9.98. The number of hydrogen-bond donors (Lipinski definition) is 2. The molecule has 0 spiro atoms. The number of piperidine rings is 1. The lowest BCUT2D eigenvalue weighted by molar-refractivity contribution is -0.0496. The number of nitrogens with one attached hydrogen (secondary N) is 2. The van der Waals surface area contributed by atoms with E-state index in [0.29, 0.717) is 42.1 Å². The minimum absolute atomic E-state index is 0.0831. The van der Waals surface area contributed by atoms with E-state index >= 15 is 0 Å². The van der Waals surface area contributed by atoms with Crippen molar-refractivity contribution in [3.63, 3.8) is 0 Å². The maximum Gasteiger partial charge on any atom is 0.511 e. The summed E-state index contributed by atoms with van der Waals surface area (Å²) < 4.78 is 63.1. The third-order valence-electron chi connectivity index (χ3n) is 4.66. The van der Waals surface area contributed by atoms with Gasteiger partial charge in [0.05, 0.1) is 0 Å². The first kappa shape index (κ1) is 22.5. The van der Waals surface area contributed by atoms with Gasteiger partial charge in [0, 0.05) is 52.2 Å². The molecule has 1 aromatic heterocycles. The van der Waals surface area contributed by atoms with Gasteiger partial charge < -0.3 is 10.6 Å². The van der Waals surface area contributed by atoms with Gasteiger partial charge in [-0.15, -0.1) is 0 Å². The van der Waals surface area contributed by atoms with Gasteiger partial charge in [-0.2, -0.15) is 22.6 Å². The SMILES string of the molecule is CN=C(NCC(C)Cn1cccn1)NCC1CCN(S(=O)(=O)C(F)(F)F)CC1. The van der Waals surface area contributed by atoms with Gasteiger partial charge in [-0.3, -0.25) is 9.67 Å². The smallest absolute Gasteiger partial charge is 0.356 e. The van der Waals surface area contributed by atoms with Crippen molar-refractivity contribution < 1.29 is 21.6 Å². The third kappa shape index (κ3) is 6.09. The Morgan fingerprint density at radius 1 is 1.32 bits per heavy atom. The highest BCUT2D eigenvalue weighted by Gasteiger charge is 2.50. The van der Waals surface area contributed by atoms with Gasteiger partial charge in [0.1, 0.15) is 0 Å². The van der Waals surface area contributed by atoms with Crippen molar-refractivity contribution in [3.8, 4) is 0 Å². The van der Waals surface area contributed by atoms with E-state index in [0.717, 1.165) is 6.54 Å². The Morgan fingerprint density at radius 3 is 2.54 bits per heavy atom. The van der Waals surface area contributed by atoms with Gasteiger partial charge in [0.15, 0.2) is 5.96 Å². The molecule has 0 radical (unpaired) electrons. The van der Waals surface area contributed by atoms with Gasteiger partial charge in [-0.25, -0.2) is 8.42 Å². The second-order valence-corrected chi connectivity index (χ2v) is 8.89. The van der Waals surface area contributed by atoms with E-state index in [-0.39, 0.29) is 19.0 Å². The van der Waals surface area contributed by atoms with Crippen LogP contribution in [0, 0.1) is 11.8 Å². The molecule has 28 heavy (non-hydrogen) atoms. The van der Waals surface area contributed by atoms with Crippen molar-refractivity contribution in [2.75, 3.05) is 33.2 Å². The molecule has 0 amide bonds. The van der Waals surface area contributed by atoms with E-state index in [1.807, 2.05) is 16.9 Å². The zero-order valence-electron chi connectivity index (χ0n) is 16.0. The standard InChI is InChI=1S/C16H27F3N6O2S/c1-13(12-24-7-3-6-23-24)10-21-15(20-2)22-11-14-4-8-25(9-5-14)28(26,27)16(17,18)19/h3,6-7,13-14H,4-5,8-12H2,1-2H3,(H2,20,21,22). The Bertz CT molecular complexity index is 728. The summed E-state index contributed by atoms with van der Waals surface area (Å²) in [7, 11) is -3.58. The summed E-state index contributed by atoms with van der Waals surface area (Å²) in [5.74, 6) is 1.01. The number of sulfonamides is 1. The number of guanidine groups is 1. The van der Waals surface area contributed by atoms with Crippen LogP contribution in [0.4, 0.5) is 13.2 Å². The topological polar surface area (TPSA) is 91.6 Å². The fourth-order valence-corrected chi connectivity index (χ4v) is 4.01. The number of aromatic nitrogens is 2. The Labute approximate surface area is 163 Å². The first-order valence-electron chi connectivity index (χ1n) is 9.12. The largest absolute Gasteiger partial charge is 0.511 e. The Hall–Kier alpha value is -1.82. The molecule has 0 bridgehead atoms. The molecule has 160 valence electrons. The van der Waals surface area contributed by atoms with Crippen LogP contribution in [0.5, 0.6) is 0 Å². The highest BCUT2D eigenvalue weighted by molar-refractivity contribution is 7.90. The Kier molecular flexibility index (Phi) is 7.70. The molecule has 2 N–H and O–H groups in total. The molecule has 2 heterocycles. The first-order chi connectivity index (χ1) is 13.1. The number of hydrogen-bond acceptors (Lipinski definition) is 4. The highest BCUT2D eigenvalue weighted by Crippen LogP contribution is 2.30. The molecular weight excluding hydrogens is 397 g/mol. The van der Waals surface area contributed by atoms with Crippen molar-refractivity contribution in [2.24, 2.45) is 16.8 Å². The monoisotopic (exact) mass is 424 g/mol. The van der Waals surface area contributed by atoms with Crippen LogP contribution in [0.25, 0.3) is 0 Å². The second kappa shape index (κ2) is 9.59. The van der Waals surface area contributed by atoms with Crippen molar-refractivity contribution in [2.45, 2.75) is 31.8 Å². The molecule has 0 aromatic carbocycles. The fraction of sp³-hybridized carbons (Fsp3) is 0.750. The van der Waals surface area contributed by atoms with Crippen LogP contribution in [0.15, 0.2) is 23.5 Å². The summed E-state index contributed by atoms with van der Waals surface area (Å²) in [5, 5.41) is 10.5. The maximum absolute atomic E-state index is 12.6. The highest BCUT2D eigenvalue weighted by atomic mass is 32.2. The van der Waals surface area contributed by atoms with E-state index in [1.165, 1.54) is 0 Å². The van der Waals surface area contributed by atoms with Crippen molar-refractivity contribution in [1.82, 2.24) is 24.7 Å². The van der Waals surface area contributed by atoms with Crippen LogP contribution in [0.1, 0.15) is 19.8 Å². The van der Waals surface area contributed by atoms with Gasteiger partial charge in [-0.1, -0.05) is 6.92 Å².